The highest BCUT2D eigenvalue weighted by Crippen LogP contribution is 2.36. The Morgan fingerprint density at radius 1 is 0.963 bits per heavy atom. The van der Waals surface area contributed by atoms with Crippen molar-refractivity contribution in [2.45, 2.75) is 84.3 Å². The number of alkyl halides is 3. The van der Waals surface area contributed by atoms with E-state index in [1.54, 1.807) is 29.0 Å². The van der Waals surface area contributed by atoms with Gasteiger partial charge in [-0.15, -0.1) is 11.6 Å². The van der Waals surface area contributed by atoms with Gasteiger partial charge in [-0.25, -0.2) is 4.79 Å². The van der Waals surface area contributed by atoms with E-state index in [1.807, 2.05) is 84.9 Å². The lowest BCUT2D eigenvalue weighted by molar-refractivity contribution is -0.385. The number of fused-ring (bicyclic) bond motifs is 1. The van der Waals surface area contributed by atoms with Gasteiger partial charge in [-0.3, -0.25) is 34.4 Å². The molecule has 0 spiro atoms. The molecule has 0 radical (unpaired) electrons. The van der Waals surface area contributed by atoms with Gasteiger partial charge in [-0.1, -0.05) is 83.7 Å². The number of rotatable bonds is 18. The lowest BCUT2D eigenvalue weighted by atomic mass is 10.0. The molecule has 2 unspecified atom stereocenters. The Kier molecular flexibility index (Phi) is 31.2. The number of esters is 1. The molecule has 1 aliphatic heterocycles. The minimum atomic E-state index is -4.10. The maximum Gasteiger partial charge on any atom is 0.345 e. The number of para-hydroxylation sites is 3. The number of aryl methyl sites for hydroxylation is 2. The molecule has 4 aromatic carbocycles. The number of amides is 2. The number of ether oxygens (including phenoxy) is 4. The van der Waals surface area contributed by atoms with E-state index in [0.717, 1.165) is 48.6 Å². The molecule has 1 aromatic heterocycles. The first-order chi connectivity index (χ1) is 38.4. The minimum Gasteiger partial charge on any atom is -0.489 e. The summed E-state index contributed by atoms with van der Waals surface area (Å²) in [6.07, 6.45) is 0.280. The van der Waals surface area contributed by atoms with Gasteiger partial charge in [0.1, 0.15) is 35.3 Å². The SMILES string of the molecule is CC1COc2ccccc2N1C(=O)C(Cl)Cl.CCNc1nc(Cl)nc(NC(C)(C)C)n1.CCc1cccc(C)c1N(C(=O)CCl)C(C)COC.COC(=O)c1cc(Oc2ccc(Cl)cc2Cl)ccc1[N+](=O)[O-].O=C(O)CNCP(=O)(O)O. The minimum absolute atomic E-state index is 0.0223. The van der Waals surface area contributed by atoms with Gasteiger partial charge in [0.2, 0.25) is 23.1 Å². The predicted octanol–water partition coefficient (Wildman–Crippen LogP) is 11.2. The highest BCUT2D eigenvalue weighted by molar-refractivity contribution is 7.51. The van der Waals surface area contributed by atoms with Crippen LogP contribution in [0.3, 0.4) is 0 Å². The molecule has 5 aromatic rings. The van der Waals surface area contributed by atoms with Crippen molar-refractivity contribution in [3.8, 4) is 17.2 Å². The molecule has 0 fully saturated rings. The maximum absolute atomic E-state index is 12.2. The molecule has 0 bridgehead atoms. The van der Waals surface area contributed by atoms with Gasteiger partial charge in [0, 0.05) is 36.3 Å². The number of benzene rings is 4. The Morgan fingerprint density at radius 3 is 2.17 bits per heavy atom. The van der Waals surface area contributed by atoms with E-state index in [4.69, 9.17) is 98.7 Å². The molecule has 6 rings (SSSR count). The number of hydrogen-bond acceptors (Lipinski definition) is 17. The summed E-state index contributed by atoms with van der Waals surface area (Å²) in [5, 5.41) is 28.0. The Labute approximate surface area is 505 Å². The molecule has 2 atom stereocenters. The van der Waals surface area contributed by atoms with Crippen molar-refractivity contribution < 1.29 is 62.5 Å². The second kappa shape index (κ2) is 35.3. The number of hydrogen-bond donors (Lipinski definition) is 6. The van der Waals surface area contributed by atoms with Gasteiger partial charge < -0.3 is 54.3 Å². The van der Waals surface area contributed by atoms with Crippen LogP contribution in [0.2, 0.25) is 15.3 Å². The lowest BCUT2D eigenvalue weighted by Crippen LogP contribution is -2.47. The van der Waals surface area contributed by atoms with E-state index in [0.29, 0.717) is 41.6 Å². The Balaban J connectivity index is 0.000000357. The Morgan fingerprint density at radius 2 is 1.62 bits per heavy atom. The van der Waals surface area contributed by atoms with Gasteiger partial charge in [0.25, 0.3) is 11.6 Å². The zero-order valence-corrected chi connectivity index (χ0v) is 51.8. The highest BCUT2D eigenvalue weighted by atomic mass is 35.5. The highest BCUT2D eigenvalue weighted by Gasteiger charge is 2.32. The molecule has 2 heterocycles. The van der Waals surface area contributed by atoms with Crippen LogP contribution in [0.25, 0.3) is 0 Å². The molecule has 30 heteroatoms. The number of carboxylic acids is 1. The van der Waals surface area contributed by atoms with Crippen molar-refractivity contribution in [2.24, 2.45) is 0 Å². The Bertz CT molecular complexity index is 2980. The van der Waals surface area contributed by atoms with Crippen LogP contribution in [0.5, 0.6) is 17.2 Å². The van der Waals surface area contributed by atoms with Gasteiger partial charge >= 0.3 is 19.5 Å². The maximum atomic E-state index is 12.2. The lowest BCUT2D eigenvalue weighted by Gasteiger charge is -2.35. The fraction of sp³-hybridized carbons (Fsp3) is 0.404. The monoisotopic (exact) mass is 1280 g/mol. The summed E-state index contributed by atoms with van der Waals surface area (Å²) in [4.78, 5) is 86.5. The summed E-state index contributed by atoms with van der Waals surface area (Å²) >= 11 is 34.5. The summed E-state index contributed by atoms with van der Waals surface area (Å²) < 4.78 is 30.8. The number of methoxy groups -OCH3 is 2. The number of nitro groups is 1. The first-order valence-electron chi connectivity index (χ1n) is 24.6. The average molecular weight is 1280 g/mol. The van der Waals surface area contributed by atoms with Crippen LogP contribution in [-0.4, -0.2) is 134 Å². The summed E-state index contributed by atoms with van der Waals surface area (Å²) in [6.45, 7) is 17.3. The number of nitrogens with zero attached hydrogens (tertiary/aromatic N) is 6. The van der Waals surface area contributed by atoms with E-state index in [2.05, 4.69) is 48.6 Å². The number of carbonyl (C=O) groups is 4. The molecule has 1 aliphatic rings. The first-order valence-corrected chi connectivity index (χ1v) is 28.9. The van der Waals surface area contributed by atoms with Crippen molar-refractivity contribution in [1.29, 1.82) is 0 Å². The van der Waals surface area contributed by atoms with Crippen LogP contribution < -0.4 is 35.2 Å². The quantitative estimate of drug-likeness (QED) is 0.0156. The van der Waals surface area contributed by atoms with Crippen LogP contribution in [0.4, 0.5) is 29.0 Å². The fourth-order valence-corrected chi connectivity index (χ4v) is 8.40. The van der Waals surface area contributed by atoms with Crippen molar-refractivity contribution in [2.75, 3.05) is 73.1 Å². The molecule has 0 aliphatic carbocycles. The Hall–Kier alpha value is -5.82. The van der Waals surface area contributed by atoms with E-state index >= 15 is 0 Å². The fourth-order valence-electron chi connectivity index (χ4n) is 7.05. The largest absolute Gasteiger partial charge is 0.489 e. The van der Waals surface area contributed by atoms with Crippen LogP contribution >= 0.6 is 77.2 Å². The van der Waals surface area contributed by atoms with Gasteiger partial charge in [-0.2, -0.15) is 15.0 Å². The van der Waals surface area contributed by atoms with Crippen LogP contribution in [-0.2, 0) is 34.8 Å². The molecular weight excluding hydrogens is 1220 g/mol. The van der Waals surface area contributed by atoms with Crippen LogP contribution in [0.15, 0.2) is 78.9 Å². The number of carboxylic acid groups (broad SMARTS) is 1. The summed E-state index contributed by atoms with van der Waals surface area (Å²) in [7, 11) is -1.32. The van der Waals surface area contributed by atoms with Crippen molar-refractivity contribution >= 4 is 130 Å². The first kappa shape index (κ1) is 72.3. The van der Waals surface area contributed by atoms with E-state index in [9.17, 15) is 33.9 Å². The number of anilines is 4. The van der Waals surface area contributed by atoms with Crippen molar-refractivity contribution in [1.82, 2.24) is 20.3 Å². The normalized spacial score (nSPS) is 12.8. The second-order valence-electron chi connectivity index (χ2n) is 18.2. The topological polar surface area (TPSA) is 307 Å². The van der Waals surface area contributed by atoms with E-state index < -0.39 is 42.1 Å². The number of aromatic nitrogens is 3. The zero-order valence-electron chi connectivity index (χ0n) is 46.4. The molecule has 82 heavy (non-hydrogen) atoms. The smallest absolute Gasteiger partial charge is 0.345 e. The molecule has 450 valence electrons. The third-order valence-corrected chi connectivity index (χ3v) is 12.3. The van der Waals surface area contributed by atoms with E-state index in [-0.39, 0.29) is 62.6 Å². The third-order valence-electron chi connectivity index (χ3n) is 10.4. The second-order valence-corrected chi connectivity index (χ2v) is 22.4. The molecule has 2 amide bonds. The summed E-state index contributed by atoms with van der Waals surface area (Å²) in [5.74, 6) is -0.239. The molecule has 23 nitrogen and oxygen atoms in total. The number of nitrogens with one attached hydrogen (secondary N) is 3. The van der Waals surface area contributed by atoms with Gasteiger partial charge in [0.05, 0.1) is 60.0 Å². The number of carbonyl (C=O) groups excluding carboxylic acids is 3. The van der Waals surface area contributed by atoms with Gasteiger partial charge in [-0.05, 0) is 114 Å². The van der Waals surface area contributed by atoms with Crippen molar-refractivity contribution in [3.05, 3.63) is 121 Å². The van der Waals surface area contributed by atoms with Crippen LogP contribution in [0.1, 0.15) is 70.0 Å². The summed E-state index contributed by atoms with van der Waals surface area (Å²) in [5.41, 5.74) is 3.24. The number of halogens is 6. The molecular formula is C52H66Cl6N9O14P. The van der Waals surface area contributed by atoms with E-state index in [1.165, 1.54) is 18.2 Å². The summed E-state index contributed by atoms with van der Waals surface area (Å²) in [6, 6.07) is 21.7. The van der Waals surface area contributed by atoms with Crippen molar-refractivity contribution in [3.63, 3.8) is 0 Å². The zero-order chi connectivity index (χ0) is 62.1. The molecule has 0 saturated carbocycles. The number of aliphatic carboxylic acids is 1. The standard InChI is InChI=1S/C15H22ClNO2.C14H9Cl2NO5.C11H11Cl2NO2.C9H16ClN5.C3H8NO5P/c1-5-13-8-6-7-11(2)15(13)17(14(18)9-16)12(3)10-19-4;1-21-14(18)10-7-9(3-4-12(10)17(19)20)22-13-5-2-8(15)6-11(13)16;1-7-6-16-9-5-3-2-4-8(9)14(7)11(15)10(12)13;1-5-11-7-12-6(10)13-8(14-7)15-9(2,3)4;5-3(6)1-4-2-10(7,8)9/h6-8,12H,5,9-10H2,1-4H3;2-7H,1H3;2-5,7,10H,6H2,1H3;5H2,1-4H3,(H2,11,12,13,14,15);4H,1-2H2,(H,5,6)(H2,7,8,9). The molecule has 6 N–H and O–H groups in total. The number of nitro benzene ring substituents is 1. The third kappa shape index (κ3) is 25.0. The predicted molar refractivity (Wildman–Crippen MR) is 320 cm³/mol. The van der Waals surface area contributed by atoms with Crippen LogP contribution in [0, 0.1) is 17.0 Å². The van der Waals surface area contributed by atoms with Gasteiger partial charge in [0.15, 0.2) is 4.84 Å². The molecule has 0 saturated heterocycles. The average Bonchev–Trinajstić information content (AvgIpc) is 3.53.